The molecule has 176 valence electrons. The Morgan fingerprint density at radius 2 is 2.00 bits per heavy atom. The fraction of sp³-hybridized carbons (Fsp3) is 0.360. The van der Waals surface area contributed by atoms with Crippen LogP contribution < -0.4 is 5.32 Å². The number of nitrogens with one attached hydrogen (secondary N) is 1. The molecule has 0 radical (unpaired) electrons. The number of oxazole rings is 1. The number of hydrogen-bond acceptors (Lipinski definition) is 7. The fourth-order valence-corrected chi connectivity index (χ4v) is 3.73. The Hall–Kier alpha value is -3.90. The first kappa shape index (κ1) is 23.3. The van der Waals surface area contributed by atoms with E-state index in [1.807, 2.05) is 19.9 Å². The molecule has 2 heterocycles. The number of rotatable bonds is 5. The highest BCUT2D eigenvalue weighted by Crippen LogP contribution is 2.31. The Labute approximate surface area is 197 Å². The number of nitrogens with zero attached hydrogens (tertiary/aromatic N) is 3. The third-order valence-corrected chi connectivity index (χ3v) is 5.57. The highest BCUT2D eigenvalue weighted by molar-refractivity contribution is 5.94. The van der Waals surface area contributed by atoms with Crippen LogP contribution in [0.4, 0.5) is 4.79 Å². The molecule has 1 aromatic heterocycles. The Bertz CT molecular complexity index is 1220. The van der Waals surface area contributed by atoms with Gasteiger partial charge in [-0.05, 0) is 48.7 Å². The van der Waals surface area contributed by atoms with Gasteiger partial charge >= 0.3 is 6.09 Å². The molecular weight excluding hydrogens is 436 g/mol. The normalized spacial score (nSPS) is 14.0. The number of benzene rings is 2. The van der Waals surface area contributed by atoms with E-state index in [9.17, 15) is 14.9 Å². The van der Waals surface area contributed by atoms with Gasteiger partial charge in [0.15, 0.2) is 12.3 Å². The third-order valence-electron chi connectivity index (χ3n) is 5.57. The van der Waals surface area contributed by atoms with E-state index in [-0.39, 0.29) is 18.6 Å². The average Bonchev–Trinajstić information content (AvgIpc) is 3.08. The molecule has 9 heteroatoms. The summed E-state index contributed by atoms with van der Waals surface area (Å²) in [5.41, 5.74) is 3.85. The van der Waals surface area contributed by atoms with Crippen molar-refractivity contribution < 1.29 is 23.5 Å². The van der Waals surface area contributed by atoms with Crippen LogP contribution in [0.25, 0.3) is 22.6 Å². The van der Waals surface area contributed by atoms with Crippen LogP contribution in [-0.4, -0.2) is 54.9 Å². The Kier molecular flexibility index (Phi) is 7.09. The second-order valence-corrected chi connectivity index (χ2v) is 8.29. The maximum Gasteiger partial charge on any atom is 0.411 e. The van der Waals surface area contributed by atoms with Crippen LogP contribution >= 0.6 is 0 Å². The summed E-state index contributed by atoms with van der Waals surface area (Å²) in [5, 5.41) is 11.9. The van der Waals surface area contributed by atoms with E-state index in [1.165, 1.54) is 0 Å². The molecule has 0 atom stereocenters. The van der Waals surface area contributed by atoms with Crippen molar-refractivity contribution >= 4 is 23.1 Å². The van der Waals surface area contributed by atoms with Gasteiger partial charge < -0.3 is 24.1 Å². The van der Waals surface area contributed by atoms with Crippen molar-refractivity contribution in [2.24, 2.45) is 0 Å². The van der Waals surface area contributed by atoms with Crippen LogP contribution in [0.5, 0.6) is 0 Å². The Morgan fingerprint density at radius 1 is 1.21 bits per heavy atom. The minimum Gasteiger partial charge on any atom is -0.436 e. The van der Waals surface area contributed by atoms with Gasteiger partial charge in [0.05, 0.1) is 18.2 Å². The molecule has 0 bridgehead atoms. The zero-order valence-electron chi connectivity index (χ0n) is 19.2. The third kappa shape index (κ3) is 5.18. The number of hydrogen-bond donors (Lipinski definition) is 1. The highest BCUT2D eigenvalue weighted by Gasteiger charge is 2.18. The fourth-order valence-electron chi connectivity index (χ4n) is 3.73. The molecule has 1 N–H and O–H groups in total. The largest absolute Gasteiger partial charge is 0.436 e. The van der Waals surface area contributed by atoms with Crippen molar-refractivity contribution in [2.75, 3.05) is 33.0 Å². The smallest absolute Gasteiger partial charge is 0.411 e. The predicted octanol–water partition coefficient (Wildman–Crippen LogP) is 4.04. The number of nitriles is 1. The molecule has 9 nitrogen and oxygen atoms in total. The quantitative estimate of drug-likeness (QED) is 0.569. The summed E-state index contributed by atoms with van der Waals surface area (Å²) in [7, 11) is 0. The zero-order valence-corrected chi connectivity index (χ0v) is 19.2. The summed E-state index contributed by atoms with van der Waals surface area (Å²) >= 11 is 0. The van der Waals surface area contributed by atoms with Crippen LogP contribution in [0.3, 0.4) is 0 Å². The first-order valence-electron chi connectivity index (χ1n) is 11.2. The van der Waals surface area contributed by atoms with E-state index in [0.717, 1.165) is 12.0 Å². The maximum atomic E-state index is 12.4. The monoisotopic (exact) mass is 462 g/mol. The molecule has 2 amide bonds. The summed E-state index contributed by atoms with van der Waals surface area (Å²) < 4.78 is 16.5. The van der Waals surface area contributed by atoms with Gasteiger partial charge in [-0.1, -0.05) is 13.8 Å². The molecule has 34 heavy (non-hydrogen) atoms. The number of aromatic nitrogens is 1. The molecule has 1 aliphatic heterocycles. The van der Waals surface area contributed by atoms with Crippen molar-refractivity contribution in [1.29, 1.82) is 5.26 Å². The molecule has 0 spiro atoms. The minimum absolute atomic E-state index is 0.171. The summed E-state index contributed by atoms with van der Waals surface area (Å²) in [6, 6.07) is 12.5. The average molecular weight is 463 g/mol. The lowest BCUT2D eigenvalue weighted by atomic mass is 10.00. The van der Waals surface area contributed by atoms with Crippen molar-refractivity contribution in [3.8, 4) is 17.5 Å². The number of carbonyl (C=O) groups is 2. The van der Waals surface area contributed by atoms with E-state index in [4.69, 9.17) is 13.9 Å². The van der Waals surface area contributed by atoms with Gasteiger partial charge in [-0.2, -0.15) is 5.26 Å². The van der Waals surface area contributed by atoms with Crippen molar-refractivity contribution in [3.05, 3.63) is 53.1 Å². The van der Waals surface area contributed by atoms with Crippen LogP contribution in [0.1, 0.15) is 47.7 Å². The van der Waals surface area contributed by atoms with Gasteiger partial charge in [0.25, 0.3) is 5.91 Å². The molecule has 0 unspecified atom stereocenters. The lowest BCUT2D eigenvalue weighted by Gasteiger charge is -2.19. The molecule has 0 saturated carbocycles. The van der Waals surface area contributed by atoms with E-state index < -0.39 is 6.09 Å². The number of ether oxygens (including phenoxy) is 2. The topological polar surface area (TPSA) is 118 Å². The van der Waals surface area contributed by atoms with Crippen LogP contribution in [0.15, 0.2) is 40.8 Å². The lowest BCUT2D eigenvalue weighted by Crippen LogP contribution is -2.37. The second kappa shape index (κ2) is 10.4. The molecule has 0 aliphatic carbocycles. The highest BCUT2D eigenvalue weighted by atomic mass is 16.6. The van der Waals surface area contributed by atoms with Crippen LogP contribution in [-0.2, 0) is 9.47 Å². The van der Waals surface area contributed by atoms with E-state index in [0.29, 0.717) is 60.0 Å². The molecule has 2 aromatic carbocycles. The van der Waals surface area contributed by atoms with E-state index >= 15 is 0 Å². The summed E-state index contributed by atoms with van der Waals surface area (Å²) in [6.07, 6.45) is 0.282. The van der Waals surface area contributed by atoms with Gasteiger partial charge in [-0.3, -0.25) is 4.79 Å². The molecule has 1 aliphatic rings. The van der Waals surface area contributed by atoms with E-state index in [1.54, 1.807) is 35.2 Å². The number of carbonyl (C=O) groups excluding carboxylic acids is 2. The molecule has 1 fully saturated rings. The maximum absolute atomic E-state index is 12.4. The molecular formula is C25H26N4O5. The van der Waals surface area contributed by atoms with Crippen molar-refractivity contribution in [1.82, 2.24) is 15.2 Å². The van der Waals surface area contributed by atoms with Gasteiger partial charge in [-0.25, -0.2) is 9.78 Å². The van der Waals surface area contributed by atoms with Gasteiger partial charge in [-0.15, -0.1) is 0 Å². The number of fused-ring (bicyclic) bond motifs is 1. The predicted molar refractivity (Wildman–Crippen MR) is 124 cm³/mol. The van der Waals surface area contributed by atoms with Crippen LogP contribution in [0.2, 0.25) is 0 Å². The zero-order chi connectivity index (χ0) is 24.1. The standard InChI is InChI=1S/C25H26N4O5/c1-16(2)20-12-17(14-26)13-21-22(20)34-24(28-21)19-6-4-18(5-7-19)23(30)27-15-33-25(31)29-8-3-10-32-11-9-29/h4-7,12-13,16H,3,8-11,15H2,1-2H3,(H,27,30). The van der Waals surface area contributed by atoms with E-state index in [2.05, 4.69) is 16.4 Å². The molecule has 3 aromatic rings. The first-order valence-corrected chi connectivity index (χ1v) is 11.2. The van der Waals surface area contributed by atoms with Gasteiger partial charge in [0.2, 0.25) is 5.89 Å². The Morgan fingerprint density at radius 3 is 2.74 bits per heavy atom. The lowest BCUT2D eigenvalue weighted by molar-refractivity contribution is 0.0774. The minimum atomic E-state index is -0.475. The second-order valence-electron chi connectivity index (χ2n) is 8.29. The van der Waals surface area contributed by atoms with Crippen LogP contribution in [0, 0.1) is 11.3 Å². The first-order chi connectivity index (χ1) is 16.5. The van der Waals surface area contributed by atoms with Gasteiger partial charge in [0, 0.05) is 36.4 Å². The summed E-state index contributed by atoms with van der Waals surface area (Å²) in [5.74, 6) is 0.218. The summed E-state index contributed by atoms with van der Waals surface area (Å²) in [6.45, 7) is 5.99. The number of amides is 2. The SMILES string of the molecule is CC(C)c1cc(C#N)cc2nc(-c3ccc(C(=O)NCOC(=O)N4CCCOCC4)cc3)oc12. The van der Waals surface area contributed by atoms with Gasteiger partial charge in [0.1, 0.15) is 5.52 Å². The van der Waals surface area contributed by atoms with Crippen molar-refractivity contribution in [3.63, 3.8) is 0 Å². The summed E-state index contributed by atoms with van der Waals surface area (Å²) in [4.78, 5) is 30.7. The Balaban J connectivity index is 1.40. The molecule has 1 saturated heterocycles. The van der Waals surface area contributed by atoms with Crippen molar-refractivity contribution in [2.45, 2.75) is 26.2 Å². The molecule has 4 rings (SSSR count).